The van der Waals surface area contributed by atoms with Gasteiger partial charge in [-0.25, -0.2) is 17.6 Å². The minimum atomic E-state index is -4.14. The number of rotatable bonds is 7. The summed E-state index contributed by atoms with van der Waals surface area (Å²) in [4.78, 5) is 26.6. The first-order valence-electron chi connectivity index (χ1n) is 11.1. The van der Waals surface area contributed by atoms with Crippen LogP contribution in [0.4, 0.5) is 15.1 Å². The van der Waals surface area contributed by atoms with Gasteiger partial charge in [-0.15, -0.1) is 11.3 Å². The molecular formula is C25H25FN2O5S2. The number of methoxy groups -OCH3 is 1. The van der Waals surface area contributed by atoms with Crippen molar-refractivity contribution in [1.82, 2.24) is 0 Å². The lowest BCUT2D eigenvalue weighted by molar-refractivity contribution is -0.114. The van der Waals surface area contributed by atoms with Crippen molar-refractivity contribution in [2.24, 2.45) is 0 Å². The quantitative estimate of drug-likeness (QED) is 0.460. The van der Waals surface area contributed by atoms with Crippen LogP contribution in [0.1, 0.15) is 39.2 Å². The molecule has 0 saturated carbocycles. The molecule has 0 radical (unpaired) electrons. The maximum absolute atomic E-state index is 13.5. The molecule has 4 rings (SSSR count). The van der Waals surface area contributed by atoms with Gasteiger partial charge in [-0.2, -0.15) is 0 Å². The lowest BCUT2D eigenvalue weighted by Gasteiger charge is -2.24. The number of hydrogen-bond donors (Lipinski definition) is 1. The van der Waals surface area contributed by atoms with E-state index in [0.717, 1.165) is 58.1 Å². The van der Waals surface area contributed by atoms with Gasteiger partial charge in [0.25, 0.3) is 10.0 Å². The van der Waals surface area contributed by atoms with E-state index in [1.165, 1.54) is 42.7 Å². The highest BCUT2D eigenvalue weighted by Gasteiger charge is 2.30. The Morgan fingerprint density at radius 2 is 1.71 bits per heavy atom. The topological polar surface area (TPSA) is 92.8 Å². The molecule has 0 saturated heterocycles. The molecule has 0 aliphatic heterocycles. The molecule has 1 aliphatic carbocycles. The van der Waals surface area contributed by atoms with Crippen molar-refractivity contribution in [3.8, 4) is 0 Å². The highest BCUT2D eigenvalue weighted by atomic mass is 32.2. The van der Waals surface area contributed by atoms with E-state index in [0.29, 0.717) is 10.6 Å². The molecule has 2 aromatic carbocycles. The van der Waals surface area contributed by atoms with Gasteiger partial charge in [0.05, 0.1) is 23.3 Å². The zero-order valence-corrected chi connectivity index (χ0v) is 21.0. The summed E-state index contributed by atoms with van der Waals surface area (Å²) < 4.78 is 46.4. The van der Waals surface area contributed by atoms with Gasteiger partial charge >= 0.3 is 5.97 Å². The van der Waals surface area contributed by atoms with Gasteiger partial charge in [-0.3, -0.25) is 9.10 Å². The first kappa shape index (κ1) is 24.9. The number of ether oxygens (including phenoxy) is 1. The average Bonchev–Trinajstić information content (AvgIpc) is 3.20. The van der Waals surface area contributed by atoms with Crippen LogP contribution < -0.4 is 9.62 Å². The lowest BCUT2D eigenvalue weighted by Crippen LogP contribution is -2.38. The molecule has 1 heterocycles. The molecule has 7 nitrogen and oxygen atoms in total. The molecular weight excluding hydrogens is 491 g/mol. The monoisotopic (exact) mass is 516 g/mol. The Morgan fingerprint density at radius 1 is 1.06 bits per heavy atom. The Kier molecular flexibility index (Phi) is 7.23. The van der Waals surface area contributed by atoms with Crippen LogP contribution in [0.25, 0.3) is 0 Å². The van der Waals surface area contributed by atoms with E-state index in [9.17, 15) is 22.4 Å². The molecule has 10 heteroatoms. The van der Waals surface area contributed by atoms with Crippen LogP contribution in [0, 0.1) is 12.7 Å². The number of benzene rings is 2. The number of halogens is 1. The Hall–Kier alpha value is -3.24. The van der Waals surface area contributed by atoms with Crippen molar-refractivity contribution < 1.29 is 27.1 Å². The number of nitrogens with zero attached hydrogens (tertiary/aromatic N) is 1. The van der Waals surface area contributed by atoms with E-state index in [-0.39, 0.29) is 10.6 Å². The van der Waals surface area contributed by atoms with Crippen molar-refractivity contribution in [1.29, 1.82) is 0 Å². The van der Waals surface area contributed by atoms with Crippen LogP contribution >= 0.6 is 11.3 Å². The predicted octanol–water partition coefficient (Wildman–Crippen LogP) is 4.70. The summed E-state index contributed by atoms with van der Waals surface area (Å²) in [5.74, 6) is -1.70. The molecule has 0 atom stereocenters. The lowest BCUT2D eigenvalue weighted by atomic mass is 9.95. The largest absolute Gasteiger partial charge is 0.465 e. The third kappa shape index (κ3) is 5.23. The zero-order chi connectivity index (χ0) is 25.2. The molecule has 0 unspecified atom stereocenters. The molecule has 1 N–H and O–H groups in total. The van der Waals surface area contributed by atoms with Crippen molar-refractivity contribution in [2.45, 2.75) is 37.5 Å². The maximum Gasteiger partial charge on any atom is 0.341 e. The standard InChI is InChI=1S/C25H25FN2O5S2/c1-16-7-13-19(14-8-16)35(31,32)28(18-11-9-17(26)10-12-18)15-22(29)27-24-23(25(30)33-2)20-5-3-4-6-21(20)34-24/h7-14H,3-6,15H2,1-2H3,(H,27,29). The third-order valence-corrected chi connectivity index (χ3v) is 8.82. The normalized spacial score (nSPS) is 13.1. The number of fused-ring (bicyclic) bond motifs is 1. The van der Waals surface area contributed by atoms with Crippen LogP contribution in [0.15, 0.2) is 53.4 Å². The molecule has 1 aromatic heterocycles. The molecule has 0 spiro atoms. The number of anilines is 2. The number of nitrogens with one attached hydrogen (secondary N) is 1. The molecule has 3 aromatic rings. The molecule has 1 amide bonds. The number of esters is 1. The van der Waals surface area contributed by atoms with E-state index in [1.54, 1.807) is 12.1 Å². The number of hydrogen-bond acceptors (Lipinski definition) is 6. The van der Waals surface area contributed by atoms with Gasteiger partial charge in [-0.1, -0.05) is 17.7 Å². The van der Waals surface area contributed by atoms with Crippen molar-refractivity contribution >= 4 is 43.9 Å². The second kappa shape index (κ2) is 10.2. The van der Waals surface area contributed by atoms with Gasteiger partial charge < -0.3 is 10.1 Å². The van der Waals surface area contributed by atoms with Gasteiger partial charge in [-0.05, 0) is 74.6 Å². The van der Waals surface area contributed by atoms with Gasteiger partial charge in [0, 0.05) is 4.88 Å². The second-order valence-corrected chi connectivity index (χ2v) is 11.2. The minimum absolute atomic E-state index is 0.00191. The first-order chi connectivity index (χ1) is 16.7. The summed E-state index contributed by atoms with van der Waals surface area (Å²) in [5.41, 5.74) is 2.23. The highest BCUT2D eigenvalue weighted by Crippen LogP contribution is 2.38. The van der Waals surface area contributed by atoms with Crippen molar-refractivity contribution in [2.75, 3.05) is 23.3 Å². The van der Waals surface area contributed by atoms with E-state index in [2.05, 4.69) is 5.32 Å². The number of sulfonamides is 1. The summed E-state index contributed by atoms with van der Waals surface area (Å²) in [6.07, 6.45) is 3.46. The van der Waals surface area contributed by atoms with Crippen molar-refractivity contribution in [3.05, 3.63) is 75.9 Å². The van der Waals surface area contributed by atoms with Crippen LogP contribution in [-0.4, -0.2) is 33.9 Å². The number of aryl methyl sites for hydroxylation is 2. The number of amides is 1. The van der Waals surface area contributed by atoms with Crippen LogP contribution in [0.5, 0.6) is 0 Å². The van der Waals surface area contributed by atoms with E-state index >= 15 is 0 Å². The number of carbonyl (C=O) groups is 2. The zero-order valence-electron chi connectivity index (χ0n) is 19.3. The van der Waals surface area contributed by atoms with E-state index < -0.39 is 34.3 Å². The Labute approximate surface area is 207 Å². The average molecular weight is 517 g/mol. The van der Waals surface area contributed by atoms with Gasteiger partial charge in [0.1, 0.15) is 17.4 Å². The van der Waals surface area contributed by atoms with Crippen LogP contribution in [0.2, 0.25) is 0 Å². The molecule has 184 valence electrons. The van der Waals surface area contributed by atoms with Crippen LogP contribution in [-0.2, 0) is 32.4 Å². The number of carbonyl (C=O) groups excluding carboxylic acids is 2. The predicted molar refractivity (Wildman–Crippen MR) is 133 cm³/mol. The Morgan fingerprint density at radius 3 is 2.37 bits per heavy atom. The summed E-state index contributed by atoms with van der Waals surface area (Å²) in [6.45, 7) is 1.27. The Bertz CT molecular complexity index is 1350. The van der Waals surface area contributed by atoms with Gasteiger partial charge in [0.2, 0.25) is 5.91 Å². The first-order valence-corrected chi connectivity index (χ1v) is 13.3. The van der Waals surface area contributed by atoms with E-state index in [4.69, 9.17) is 4.74 Å². The molecule has 35 heavy (non-hydrogen) atoms. The molecule has 0 bridgehead atoms. The highest BCUT2D eigenvalue weighted by molar-refractivity contribution is 7.92. The van der Waals surface area contributed by atoms with E-state index in [1.807, 2.05) is 6.92 Å². The van der Waals surface area contributed by atoms with Crippen LogP contribution in [0.3, 0.4) is 0 Å². The Balaban J connectivity index is 1.67. The summed E-state index contributed by atoms with van der Waals surface area (Å²) >= 11 is 1.31. The van der Waals surface area contributed by atoms with Gasteiger partial charge in [0.15, 0.2) is 0 Å². The summed E-state index contributed by atoms with van der Waals surface area (Å²) in [6, 6.07) is 11.1. The molecule has 0 fully saturated rings. The fraction of sp³-hybridized carbons (Fsp3) is 0.280. The fourth-order valence-electron chi connectivity index (χ4n) is 4.03. The summed E-state index contributed by atoms with van der Waals surface area (Å²) in [7, 11) is -2.86. The third-order valence-electron chi connectivity index (χ3n) is 5.82. The smallest absolute Gasteiger partial charge is 0.341 e. The summed E-state index contributed by atoms with van der Waals surface area (Å²) in [5, 5.41) is 3.07. The number of thiophene rings is 1. The second-order valence-electron chi connectivity index (χ2n) is 8.26. The van der Waals surface area contributed by atoms with Crippen molar-refractivity contribution in [3.63, 3.8) is 0 Å². The maximum atomic E-state index is 13.5. The minimum Gasteiger partial charge on any atom is -0.465 e. The SMILES string of the molecule is COC(=O)c1c(NC(=O)CN(c2ccc(F)cc2)S(=O)(=O)c2ccc(C)cc2)sc2c1CCCC2. The molecule has 1 aliphatic rings. The fourth-order valence-corrected chi connectivity index (χ4v) is 6.74.